The molecule has 0 spiro atoms. The lowest BCUT2D eigenvalue weighted by molar-refractivity contribution is 0.487. The minimum absolute atomic E-state index is 0.351. The third-order valence-corrected chi connectivity index (χ3v) is 1.09. The minimum atomic E-state index is -3.81. The highest BCUT2D eigenvalue weighted by Crippen LogP contribution is 1.81. The van der Waals surface area contributed by atoms with Crippen LogP contribution in [-0.4, -0.2) is 18.7 Å². The zero-order valence-corrected chi connectivity index (χ0v) is 5.06. The maximum Gasteiger partial charge on any atom is 0.268 e. The lowest BCUT2D eigenvalue weighted by atomic mass is 10.6. The first kappa shape index (κ1) is 7.65. The predicted octanol–water partition coefficient (Wildman–Crippen LogP) is 0.264. The van der Waals surface area contributed by atoms with E-state index in [1.54, 1.807) is 0 Å². The number of hydrogen-bond donors (Lipinski definition) is 1. The molecule has 1 radical (unpaired) electrons. The average Bonchev–Trinajstić information content (AvgIpc) is 1.59. The molecule has 0 heterocycles. The first-order valence-corrected chi connectivity index (χ1v) is 3.56. The second-order valence-corrected chi connectivity index (χ2v) is 2.72. The number of allylic oxidation sites excluding steroid dienone is 1. The molecule has 0 unspecified atom stereocenters. The predicted molar refractivity (Wildman–Crippen MR) is 30.9 cm³/mol. The molecule has 0 aromatic heterocycles. The van der Waals surface area contributed by atoms with Gasteiger partial charge in [0.2, 0.25) is 0 Å². The molecule has 0 aromatic rings. The van der Waals surface area contributed by atoms with E-state index in [1.165, 1.54) is 12.2 Å². The Morgan fingerprint density at radius 1 is 1.62 bits per heavy atom. The average molecular weight is 135 g/mol. The van der Waals surface area contributed by atoms with E-state index in [-0.39, 0.29) is 5.75 Å². The molecule has 0 saturated heterocycles. The lowest BCUT2D eigenvalue weighted by Gasteiger charge is -1.83. The van der Waals surface area contributed by atoms with E-state index >= 15 is 0 Å². The Kier molecular flexibility index (Phi) is 2.71. The van der Waals surface area contributed by atoms with Crippen molar-refractivity contribution < 1.29 is 13.0 Å². The van der Waals surface area contributed by atoms with E-state index in [0.29, 0.717) is 0 Å². The summed E-state index contributed by atoms with van der Waals surface area (Å²) < 4.78 is 27.8. The van der Waals surface area contributed by atoms with Crippen LogP contribution in [-0.2, 0) is 10.1 Å². The van der Waals surface area contributed by atoms with Crippen LogP contribution < -0.4 is 0 Å². The molecule has 3 nitrogen and oxygen atoms in total. The van der Waals surface area contributed by atoms with Crippen LogP contribution in [0, 0.1) is 6.92 Å². The highest BCUT2D eigenvalue weighted by atomic mass is 32.2. The summed E-state index contributed by atoms with van der Waals surface area (Å²) in [6, 6.07) is 0. The molecule has 0 saturated carbocycles. The molecule has 1 N–H and O–H groups in total. The van der Waals surface area contributed by atoms with Gasteiger partial charge in [-0.15, -0.1) is 0 Å². The Bertz CT molecular complexity index is 166. The van der Waals surface area contributed by atoms with Crippen molar-refractivity contribution in [3.63, 3.8) is 0 Å². The van der Waals surface area contributed by atoms with Gasteiger partial charge in [-0.05, 0) is 6.92 Å². The van der Waals surface area contributed by atoms with Crippen LogP contribution in [0.25, 0.3) is 0 Å². The Morgan fingerprint density at radius 3 is 2.25 bits per heavy atom. The van der Waals surface area contributed by atoms with Gasteiger partial charge < -0.3 is 0 Å². The summed E-state index contributed by atoms with van der Waals surface area (Å²) in [4.78, 5) is 0. The summed E-state index contributed by atoms with van der Waals surface area (Å²) in [5.41, 5.74) is 0. The van der Waals surface area contributed by atoms with Crippen molar-refractivity contribution in [2.45, 2.75) is 0 Å². The van der Waals surface area contributed by atoms with Crippen LogP contribution in [0.4, 0.5) is 0 Å². The van der Waals surface area contributed by atoms with Gasteiger partial charge in [-0.3, -0.25) is 4.55 Å². The fourth-order valence-corrected chi connectivity index (χ4v) is 0.569. The normalized spacial score (nSPS) is 12.8. The first-order valence-electron chi connectivity index (χ1n) is 1.95. The first-order chi connectivity index (χ1) is 3.56. The van der Waals surface area contributed by atoms with Crippen molar-refractivity contribution in [3.8, 4) is 0 Å². The fraction of sp³-hybridized carbons (Fsp3) is 0.250. The van der Waals surface area contributed by atoms with Crippen molar-refractivity contribution in [1.82, 2.24) is 0 Å². The van der Waals surface area contributed by atoms with Gasteiger partial charge in [0.15, 0.2) is 0 Å². The maximum atomic E-state index is 9.87. The molecule has 0 aliphatic heterocycles. The largest absolute Gasteiger partial charge is 0.285 e. The second-order valence-electron chi connectivity index (χ2n) is 1.22. The molecule has 47 valence electrons. The standard InChI is InChI=1S/C4H7O3S/c1-2-3-4-8(5,6)7/h2-3H,1,4H2,(H,5,6,7)/b3-2+. The Labute approximate surface area is 48.8 Å². The van der Waals surface area contributed by atoms with Crippen molar-refractivity contribution in [1.29, 1.82) is 0 Å². The van der Waals surface area contributed by atoms with E-state index in [2.05, 4.69) is 6.92 Å². The molecule has 0 rings (SSSR count). The maximum absolute atomic E-state index is 9.87. The SMILES string of the molecule is [CH2]/C=C/CS(=O)(=O)O. The quantitative estimate of drug-likeness (QED) is 0.553. The van der Waals surface area contributed by atoms with Gasteiger partial charge in [0.05, 0.1) is 5.75 Å². The van der Waals surface area contributed by atoms with E-state index in [0.717, 1.165) is 0 Å². The lowest BCUT2D eigenvalue weighted by Crippen LogP contribution is -1.99. The van der Waals surface area contributed by atoms with Crippen molar-refractivity contribution in [2.24, 2.45) is 0 Å². The van der Waals surface area contributed by atoms with Crippen molar-refractivity contribution in [2.75, 3.05) is 5.75 Å². The van der Waals surface area contributed by atoms with Gasteiger partial charge >= 0.3 is 0 Å². The Morgan fingerprint density at radius 2 is 2.12 bits per heavy atom. The summed E-state index contributed by atoms with van der Waals surface area (Å²) in [5.74, 6) is -0.351. The van der Waals surface area contributed by atoms with E-state index in [1.807, 2.05) is 0 Å². The number of rotatable bonds is 2. The van der Waals surface area contributed by atoms with Gasteiger partial charge in [0, 0.05) is 0 Å². The number of hydrogen-bond acceptors (Lipinski definition) is 2. The van der Waals surface area contributed by atoms with Crippen LogP contribution in [0.2, 0.25) is 0 Å². The Balaban J connectivity index is 3.76. The molecule has 8 heavy (non-hydrogen) atoms. The van der Waals surface area contributed by atoms with E-state index in [4.69, 9.17) is 4.55 Å². The molecule has 0 aliphatic carbocycles. The van der Waals surface area contributed by atoms with Crippen molar-refractivity contribution >= 4 is 10.1 Å². The summed E-state index contributed by atoms with van der Waals surface area (Å²) in [6.45, 7) is 3.23. The van der Waals surface area contributed by atoms with E-state index < -0.39 is 10.1 Å². The smallest absolute Gasteiger partial charge is 0.268 e. The van der Waals surface area contributed by atoms with Gasteiger partial charge in [-0.25, -0.2) is 0 Å². The highest BCUT2D eigenvalue weighted by molar-refractivity contribution is 7.85. The highest BCUT2D eigenvalue weighted by Gasteiger charge is 1.96. The second kappa shape index (κ2) is 2.84. The molecule has 0 aromatic carbocycles. The van der Waals surface area contributed by atoms with E-state index in [9.17, 15) is 8.42 Å². The molecule has 0 bridgehead atoms. The van der Waals surface area contributed by atoms with Gasteiger partial charge in [0.25, 0.3) is 10.1 Å². The zero-order valence-electron chi connectivity index (χ0n) is 4.24. The zero-order chi connectivity index (χ0) is 6.62. The summed E-state index contributed by atoms with van der Waals surface area (Å²) in [6.07, 6.45) is 2.57. The topological polar surface area (TPSA) is 54.4 Å². The Hall–Kier alpha value is -0.350. The minimum Gasteiger partial charge on any atom is -0.285 e. The summed E-state index contributed by atoms with van der Waals surface area (Å²) >= 11 is 0. The van der Waals surface area contributed by atoms with Gasteiger partial charge in [0.1, 0.15) is 0 Å². The summed E-state index contributed by atoms with van der Waals surface area (Å²) in [5, 5.41) is 0. The molecule has 0 atom stereocenters. The third-order valence-electron chi connectivity index (χ3n) is 0.474. The molecule has 0 aliphatic rings. The van der Waals surface area contributed by atoms with Crippen LogP contribution >= 0.6 is 0 Å². The summed E-state index contributed by atoms with van der Waals surface area (Å²) in [7, 11) is -3.81. The van der Waals surface area contributed by atoms with Crippen LogP contribution in [0.5, 0.6) is 0 Å². The third kappa shape index (κ3) is 5.65. The molecular weight excluding hydrogens is 128 g/mol. The van der Waals surface area contributed by atoms with Crippen LogP contribution in [0.3, 0.4) is 0 Å². The molecule has 0 amide bonds. The van der Waals surface area contributed by atoms with Crippen LogP contribution in [0.1, 0.15) is 0 Å². The molecule has 4 heteroatoms. The van der Waals surface area contributed by atoms with Crippen LogP contribution in [0.15, 0.2) is 12.2 Å². The molecule has 0 fully saturated rings. The molecular formula is C4H7O3S. The monoisotopic (exact) mass is 135 g/mol. The van der Waals surface area contributed by atoms with Gasteiger partial charge in [-0.2, -0.15) is 8.42 Å². The van der Waals surface area contributed by atoms with Crippen molar-refractivity contribution in [3.05, 3.63) is 19.1 Å². The van der Waals surface area contributed by atoms with Gasteiger partial charge in [-0.1, -0.05) is 12.2 Å². The fourth-order valence-electron chi connectivity index (χ4n) is 0.190.